The molecular formula is C14H9BrCl2O3. The first kappa shape index (κ1) is 15.2. The molecule has 0 aliphatic carbocycles. The number of hydrogen-bond acceptors (Lipinski definition) is 2. The third-order valence-corrected chi connectivity index (χ3v) is 4.06. The van der Waals surface area contributed by atoms with Crippen molar-refractivity contribution in [3.63, 3.8) is 0 Å². The lowest BCUT2D eigenvalue weighted by Gasteiger charge is -2.09. The number of aromatic carboxylic acids is 1. The van der Waals surface area contributed by atoms with Crippen molar-refractivity contribution in [1.82, 2.24) is 0 Å². The van der Waals surface area contributed by atoms with Crippen molar-refractivity contribution in [3.8, 4) is 5.75 Å². The minimum Gasteiger partial charge on any atom is -0.487 e. The average molecular weight is 376 g/mol. The van der Waals surface area contributed by atoms with Crippen molar-refractivity contribution >= 4 is 45.1 Å². The van der Waals surface area contributed by atoms with E-state index in [1.807, 2.05) is 0 Å². The molecule has 0 bridgehead atoms. The van der Waals surface area contributed by atoms with Crippen LogP contribution >= 0.6 is 39.1 Å². The highest BCUT2D eigenvalue weighted by molar-refractivity contribution is 9.10. The Balaban J connectivity index is 2.09. The van der Waals surface area contributed by atoms with Gasteiger partial charge in [0, 0.05) is 10.5 Å². The second kappa shape index (κ2) is 6.48. The molecule has 0 aliphatic rings. The van der Waals surface area contributed by atoms with E-state index in [2.05, 4.69) is 15.9 Å². The van der Waals surface area contributed by atoms with Gasteiger partial charge in [-0.15, -0.1) is 0 Å². The number of carboxylic acid groups (broad SMARTS) is 1. The topological polar surface area (TPSA) is 46.5 Å². The smallest absolute Gasteiger partial charge is 0.335 e. The standard InChI is InChI=1S/C14H9BrCl2O3/c15-10-5-12(17)13(6-11(10)16)20-7-8-1-3-9(4-2-8)14(18)19/h1-6H,7H2,(H,18,19). The predicted octanol–water partition coefficient (Wildman–Crippen LogP) is 5.03. The minimum absolute atomic E-state index is 0.235. The summed E-state index contributed by atoms with van der Waals surface area (Å²) in [7, 11) is 0. The maximum atomic E-state index is 10.7. The van der Waals surface area contributed by atoms with Gasteiger partial charge in [-0.05, 0) is 39.7 Å². The van der Waals surface area contributed by atoms with Crippen molar-refractivity contribution in [3.05, 3.63) is 62.0 Å². The fourth-order valence-corrected chi connectivity index (χ4v) is 2.37. The number of benzene rings is 2. The Hall–Kier alpha value is -1.23. The molecule has 1 N–H and O–H groups in total. The van der Waals surface area contributed by atoms with Crippen molar-refractivity contribution < 1.29 is 14.6 Å². The lowest BCUT2D eigenvalue weighted by atomic mass is 10.1. The van der Waals surface area contributed by atoms with E-state index in [9.17, 15) is 4.79 Å². The molecule has 0 saturated heterocycles. The van der Waals surface area contributed by atoms with Crippen LogP contribution in [0, 0.1) is 0 Å². The molecule has 6 heteroatoms. The summed E-state index contributed by atoms with van der Waals surface area (Å²) in [6.45, 7) is 0.275. The molecule has 20 heavy (non-hydrogen) atoms. The Morgan fingerprint density at radius 2 is 1.80 bits per heavy atom. The lowest BCUT2D eigenvalue weighted by Crippen LogP contribution is -1.99. The van der Waals surface area contributed by atoms with Gasteiger partial charge < -0.3 is 9.84 Å². The molecule has 0 heterocycles. The fourth-order valence-electron chi connectivity index (χ4n) is 1.52. The maximum Gasteiger partial charge on any atom is 0.335 e. The van der Waals surface area contributed by atoms with Gasteiger partial charge in [0.15, 0.2) is 0 Å². The van der Waals surface area contributed by atoms with E-state index in [0.29, 0.717) is 20.3 Å². The second-order valence-electron chi connectivity index (χ2n) is 3.99. The summed E-state index contributed by atoms with van der Waals surface area (Å²) >= 11 is 15.3. The Morgan fingerprint density at radius 1 is 1.15 bits per heavy atom. The van der Waals surface area contributed by atoms with Gasteiger partial charge in [-0.25, -0.2) is 4.79 Å². The fraction of sp³-hybridized carbons (Fsp3) is 0.0714. The average Bonchev–Trinajstić information content (AvgIpc) is 2.42. The Bertz CT molecular complexity index is 642. The molecule has 3 nitrogen and oxygen atoms in total. The van der Waals surface area contributed by atoms with Crippen LogP contribution in [0.4, 0.5) is 0 Å². The molecule has 2 rings (SSSR count). The summed E-state index contributed by atoms with van der Waals surface area (Å²) in [6, 6.07) is 9.72. The number of carboxylic acids is 1. The molecule has 104 valence electrons. The SMILES string of the molecule is O=C(O)c1ccc(COc2cc(Cl)c(Br)cc2Cl)cc1. The minimum atomic E-state index is -0.958. The molecule has 0 amide bonds. The van der Waals surface area contributed by atoms with Gasteiger partial charge in [-0.1, -0.05) is 35.3 Å². The Kier molecular flexibility index (Phi) is 4.91. The lowest BCUT2D eigenvalue weighted by molar-refractivity contribution is 0.0697. The van der Waals surface area contributed by atoms with E-state index in [-0.39, 0.29) is 12.2 Å². The van der Waals surface area contributed by atoms with E-state index in [1.54, 1.807) is 24.3 Å². The van der Waals surface area contributed by atoms with Crippen LogP contribution in [-0.2, 0) is 6.61 Å². The number of carbonyl (C=O) groups is 1. The normalized spacial score (nSPS) is 10.3. The van der Waals surface area contributed by atoms with Crippen LogP contribution in [0.2, 0.25) is 10.0 Å². The Labute approximate surface area is 134 Å². The van der Waals surface area contributed by atoms with Gasteiger partial charge in [-0.2, -0.15) is 0 Å². The summed E-state index contributed by atoms with van der Waals surface area (Å²) in [6.07, 6.45) is 0. The van der Waals surface area contributed by atoms with E-state index in [4.69, 9.17) is 33.0 Å². The molecule has 0 aromatic heterocycles. The van der Waals surface area contributed by atoms with Gasteiger partial charge in [-0.3, -0.25) is 0 Å². The Morgan fingerprint density at radius 3 is 2.40 bits per heavy atom. The number of rotatable bonds is 4. The molecule has 0 saturated carbocycles. The summed E-state index contributed by atoms with van der Waals surface area (Å²) < 4.78 is 6.27. The van der Waals surface area contributed by atoms with Crippen molar-refractivity contribution in [2.45, 2.75) is 6.61 Å². The van der Waals surface area contributed by atoms with Gasteiger partial charge in [0.2, 0.25) is 0 Å². The van der Waals surface area contributed by atoms with E-state index in [1.165, 1.54) is 12.1 Å². The van der Waals surface area contributed by atoms with Gasteiger partial charge in [0.1, 0.15) is 12.4 Å². The molecule has 2 aromatic rings. The molecule has 0 fully saturated rings. The summed E-state index contributed by atoms with van der Waals surface area (Å²) in [5.41, 5.74) is 1.07. The van der Waals surface area contributed by atoms with Crippen LogP contribution < -0.4 is 4.74 Å². The third-order valence-electron chi connectivity index (χ3n) is 2.57. The molecule has 0 atom stereocenters. The first-order valence-corrected chi connectivity index (χ1v) is 7.12. The van der Waals surface area contributed by atoms with Crippen LogP contribution in [0.1, 0.15) is 15.9 Å². The van der Waals surface area contributed by atoms with Crippen molar-refractivity contribution in [2.75, 3.05) is 0 Å². The summed E-state index contributed by atoms with van der Waals surface area (Å²) in [5, 5.41) is 9.76. The maximum absolute atomic E-state index is 10.7. The van der Waals surface area contributed by atoms with Crippen molar-refractivity contribution in [1.29, 1.82) is 0 Å². The molecule has 0 unspecified atom stereocenters. The first-order chi connectivity index (χ1) is 9.47. The zero-order valence-electron chi connectivity index (χ0n) is 10.1. The second-order valence-corrected chi connectivity index (χ2v) is 5.66. The van der Waals surface area contributed by atoms with E-state index < -0.39 is 5.97 Å². The van der Waals surface area contributed by atoms with Gasteiger partial charge in [0.05, 0.1) is 15.6 Å². The quantitative estimate of drug-likeness (QED) is 0.762. The molecule has 0 radical (unpaired) electrons. The molecule has 0 aliphatic heterocycles. The summed E-state index contributed by atoms with van der Waals surface area (Å²) in [4.78, 5) is 10.7. The molecule has 2 aromatic carbocycles. The highest BCUT2D eigenvalue weighted by Gasteiger charge is 2.07. The van der Waals surface area contributed by atoms with E-state index >= 15 is 0 Å². The van der Waals surface area contributed by atoms with E-state index in [0.717, 1.165) is 5.56 Å². The van der Waals surface area contributed by atoms with Crippen LogP contribution in [0.25, 0.3) is 0 Å². The predicted molar refractivity (Wildman–Crippen MR) is 81.9 cm³/mol. The van der Waals surface area contributed by atoms with Crippen LogP contribution in [0.3, 0.4) is 0 Å². The number of hydrogen-bond donors (Lipinski definition) is 1. The molecule has 0 spiro atoms. The third kappa shape index (κ3) is 3.66. The zero-order chi connectivity index (χ0) is 14.7. The summed E-state index contributed by atoms with van der Waals surface area (Å²) in [5.74, 6) is -0.484. The van der Waals surface area contributed by atoms with Gasteiger partial charge >= 0.3 is 5.97 Å². The van der Waals surface area contributed by atoms with Gasteiger partial charge in [0.25, 0.3) is 0 Å². The number of ether oxygens (including phenoxy) is 1. The first-order valence-electron chi connectivity index (χ1n) is 5.57. The number of halogens is 3. The molecular weight excluding hydrogens is 367 g/mol. The van der Waals surface area contributed by atoms with Crippen molar-refractivity contribution in [2.24, 2.45) is 0 Å². The largest absolute Gasteiger partial charge is 0.487 e. The highest BCUT2D eigenvalue weighted by Crippen LogP contribution is 2.34. The van der Waals surface area contributed by atoms with Crippen LogP contribution in [-0.4, -0.2) is 11.1 Å². The monoisotopic (exact) mass is 374 g/mol. The van der Waals surface area contributed by atoms with Crippen LogP contribution in [0.5, 0.6) is 5.75 Å². The zero-order valence-corrected chi connectivity index (χ0v) is 13.2. The highest BCUT2D eigenvalue weighted by atomic mass is 79.9. The van der Waals surface area contributed by atoms with Crippen LogP contribution in [0.15, 0.2) is 40.9 Å².